The van der Waals surface area contributed by atoms with Crippen molar-refractivity contribution in [3.63, 3.8) is 0 Å². The van der Waals surface area contributed by atoms with Crippen molar-refractivity contribution in [2.45, 2.75) is 11.6 Å². The lowest BCUT2D eigenvalue weighted by Gasteiger charge is -2.07. The van der Waals surface area contributed by atoms with Crippen LogP contribution in [0, 0.1) is 3.95 Å². The van der Waals surface area contributed by atoms with Crippen LogP contribution in [0.3, 0.4) is 0 Å². The number of rotatable bonds is 4. The van der Waals surface area contributed by atoms with Crippen molar-refractivity contribution >= 4 is 43.9 Å². The van der Waals surface area contributed by atoms with Gasteiger partial charge >= 0.3 is 0 Å². The third-order valence-corrected chi connectivity index (χ3v) is 5.64. The third kappa shape index (κ3) is 2.91. The molecule has 0 spiro atoms. The molecule has 0 unspecified atom stereocenters. The van der Waals surface area contributed by atoms with E-state index >= 15 is 0 Å². The molecular formula is C14H11NO3S3. The van der Waals surface area contributed by atoms with Crippen LogP contribution >= 0.6 is 23.6 Å². The smallest absolute Gasteiger partial charge is 0.297 e. The lowest BCUT2D eigenvalue weighted by Crippen LogP contribution is -2.10. The molecule has 3 aromatic rings. The molecule has 0 aliphatic heterocycles. The van der Waals surface area contributed by atoms with Crippen LogP contribution < -0.4 is 0 Å². The fourth-order valence-corrected chi connectivity index (χ4v) is 4.08. The van der Waals surface area contributed by atoms with Gasteiger partial charge in [-0.25, -0.2) is 4.18 Å². The van der Waals surface area contributed by atoms with Crippen molar-refractivity contribution in [3.8, 4) is 0 Å². The van der Waals surface area contributed by atoms with Gasteiger partial charge in [0.25, 0.3) is 10.1 Å². The summed E-state index contributed by atoms with van der Waals surface area (Å²) in [6.07, 6.45) is 0. The molecule has 0 N–H and O–H groups in total. The first-order valence-electron chi connectivity index (χ1n) is 6.11. The normalized spacial score (nSPS) is 11.8. The van der Waals surface area contributed by atoms with Gasteiger partial charge in [-0.2, -0.15) is 8.42 Å². The SMILES string of the molecule is O=S(=O)(OCn1c(=S)sc2ccccc21)c1ccccc1. The van der Waals surface area contributed by atoms with Gasteiger partial charge in [-0.15, -0.1) is 11.3 Å². The molecule has 0 aliphatic rings. The Morgan fingerprint density at radius 1 is 1.05 bits per heavy atom. The monoisotopic (exact) mass is 337 g/mol. The topological polar surface area (TPSA) is 48.3 Å². The molecule has 0 saturated carbocycles. The predicted molar refractivity (Wildman–Crippen MR) is 85.4 cm³/mol. The van der Waals surface area contributed by atoms with Gasteiger partial charge in [-0.3, -0.25) is 4.57 Å². The first-order valence-corrected chi connectivity index (χ1v) is 8.74. The molecule has 0 fully saturated rings. The number of nitrogens with zero attached hydrogens (tertiary/aromatic N) is 1. The molecule has 1 aromatic heterocycles. The molecule has 7 heteroatoms. The highest BCUT2D eigenvalue weighted by Crippen LogP contribution is 2.23. The maximum absolute atomic E-state index is 12.1. The minimum absolute atomic E-state index is 0.125. The second kappa shape index (κ2) is 5.69. The van der Waals surface area contributed by atoms with E-state index in [0.29, 0.717) is 3.95 Å². The largest absolute Gasteiger partial charge is 0.298 e. The molecule has 4 nitrogen and oxygen atoms in total. The Bertz CT molecular complexity index is 927. The molecule has 1 heterocycles. The predicted octanol–water partition coefficient (Wildman–Crippen LogP) is 3.80. The van der Waals surface area contributed by atoms with Crippen LogP contribution in [0.25, 0.3) is 10.2 Å². The zero-order chi connectivity index (χ0) is 14.9. The number of aromatic nitrogens is 1. The fraction of sp³-hybridized carbons (Fsp3) is 0.0714. The van der Waals surface area contributed by atoms with Gasteiger partial charge in [0, 0.05) is 0 Å². The first kappa shape index (κ1) is 14.4. The van der Waals surface area contributed by atoms with E-state index in [0.717, 1.165) is 10.2 Å². The van der Waals surface area contributed by atoms with Crippen LogP contribution in [0.2, 0.25) is 0 Å². The molecule has 0 aliphatic carbocycles. The van der Waals surface area contributed by atoms with Crippen molar-refractivity contribution < 1.29 is 12.6 Å². The van der Waals surface area contributed by atoms with E-state index in [4.69, 9.17) is 16.4 Å². The molecule has 0 saturated heterocycles. The van der Waals surface area contributed by atoms with Crippen molar-refractivity contribution in [3.05, 3.63) is 58.6 Å². The molecule has 0 bridgehead atoms. The number of para-hydroxylation sites is 1. The Labute approximate surface area is 131 Å². The number of thiazole rings is 1. The standard InChI is InChI=1S/C14H11NO3S3/c16-21(17,11-6-2-1-3-7-11)18-10-15-12-8-4-5-9-13(12)20-14(15)19/h1-9H,10H2. The second-order valence-corrected chi connectivity index (χ2v) is 7.57. The van der Waals surface area contributed by atoms with Crippen LogP contribution in [-0.2, 0) is 21.0 Å². The first-order chi connectivity index (χ1) is 10.1. The zero-order valence-corrected chi connectivity index (χ0v) is 13.2. The lowest BCUT2D eigenvalue weighted by atomic mass is 10.3. The van der Waals surface area contributed by atoms with Crippen LogP contribution in [-0.4, -0.2) is 13.0 Å². The van der Waals surface area contributed by atoms with Gasteiger partial charge in [0.05, 0.1) is 15.1 Å². The van der Waals surface area contributed by atoms with Crippen LogP contribution in [0.4, 0.5) is 0 Å². The van der Waals surface area contributed by atoms with E-state index in [2.05, 4.69) is 0 Å². The molecule has 2 aromatic carbocycles. The summed E-state index contributed by atoms with van der Waals surface area (Å²) in [6.45, 7) is -0.125. The number of hydrogen-bond acceptors (Lipinski definition) is 5. The molecule has 0 amide bonds. The summed E-state index contributed by atoms with van der Waals surface area (Å²) in [6, 6.07) is 15.7. The molecule has 0 atom stereocenters. The summed E-state index contributed by atoms with van der Waals surface area (Å²) >= 11 is 6.69. The summed E-state index contributed by atoms with van der Waals surface area (Å²) in [4.78, 5) is 0.135. The van der Waals surface area contributed by atoms with Crippen molar-refractivity contribution in [1.82, 2.24) is 4.57 Å². The summed E-state index contributed by atoms with van der Waals surface area (Å²) in [5, 5.41) is 0. The van der Waals surface area contributed by atoms with Gasteiger partial charge in [-0.05, 0) is 36.5 Å². The number of fused-ring (bicyclic) bond motifs is 1. The Morgan fingerprint density at radius 3 is 2.48 bits per heavy atom. The summed E-state index contributed by atoms with van der Waals surface area (Å²) in [5.74, 6) is 0. The molecular weight excluding hydrogens is 326 g/mol. The van der Waals surface area contributed by atoms with Crippen LogP contribution in [0.5, 0.6) is 0 Å². The highest BCUT2D eigenvalue weighted by molar-refractivity contribution is 7.86. The van der Waals surface area contributed by atoms with Gasteiger partial charge in [0.1, 0.15) is 6.73 Å². The average molecular weight is 337 g/mol. The van der Waals surface area contributed by atoms with E-state index in [1.165, 1.54) is 23.5 Å². The Balaban J connectivity index is 1.91. The van der Waals surface area contributed by atoms with E-state index < -0.39 is 10.1 Å². The average Bonchev–Trinajstić information content (AvgIpc) is 2.81. The number of hydrogen-bond donors (Lipinski definition) is 0. The van der Waals surface area contributed by atoms with Gasteiger partial charge in [0.15, 0.2) is 3.95 Å². The van der Waals surface area contributed by atoms with Crippen molar-refractivity contribution in [2.24, 2.45) is 0 Å². The maximum atomic E-state index is 12.1. The fourth-order valence-electron chi connectivity index (χ4n) is 1.91. The van der Waals surface area contributed by atoms with E-state index in [1.54, 1.807) is 22.8 Å². The Kier molecular flexibility index (Phi) is 3.90. The quantitative estimate of drug-likeness (QED) is 0.537. The summed E-state index contributed by atoms with van der Waals surface area (Å²) in [5.41, 5.74) is 0.871. The van der Waals surface area contributed by atoms with Gasteiger partial charge in [-0.1, -0.05) is 30.3 Å². The van der Waals surface area contributed by atoms with Crippen LogP contribution in [0.15, 0.2) is 59.5 Å². The maximum Gasteiger partial charge on any atom is 0.298 e. The Morgan fingerprint density at radius 2 is 1.71 bits per heavy atom. The Hall–Kier alpha value is -1.54. The lowest BCUT2D eigenvalue weighted by molar-refractivity contribution is 0.247. The van der Waals surface area contributed by atoms with Crippen molar-refractivity contribution in [1.29, 1.82) is 0 Å². The summed E-state index contributed by atoms with van der Waals surface area (Å²) in [7, 11) is -3.78. The van der Waals surface area contributed by atoms with Gasteiger partial charge < -0.3 is 0 Å². The van der Waals surface area contributed by atoms with Crippen molar-refractivity contribution in [2.75, 3.05) is 0 Å². The van der Waals surface area contributed by atoms with E-state index in [-0.39, 0.29) is 11.6 Å². The van der Waals surface area contributed by atoms with Gasteiger partial charge in [0.2, 0.25) is 0 Å². The summed E-state index contributed by atoms with van der Waals surface area (Å²) < 4.78 is 32.6. The highest BCUT2D eigenvalue weighted by atomic mass is 32.2. The second-order valence-electron chi connectivity index (χ2n) is 4.28. The minimum atomic E-state index is -3.78. The number of benzene rings is 2. The third-order valence-electron chi connectivity index (χ3n) is 2.94. The van der Waals surface area contributed by atoms with E-state index in [9.17, 15) is 8.42 Å². The van der Waals surface area contributed by atoms with E-state index in [1.807, 2.05) is 24.3 Å². The molecule has 108 valence electrons. The zero-order valence-electron chi connectivity index (χ0n) is 10.8. The van der Waals surface area contributed by atoms with Crippen LogP contribution in [0.1, 0.15) is 0 Å². The highest BCUT2D eigenvalue weighted by Gasteiger charge is 2.15. The molecule has 21 heavy (non-hydrogen) atoms. The minimum Gasteiger partial charge on any atom is -0.297 e. The molecule has 0 radical (unpaired) electrons. The molecule has 3 rings (SSSR count).